The van der Waals surface area contributed by atoms with Crippen LogP contribution in [0.15, 0.2) is 18.2 Å². The summed E-state index contributed by atoms with van der Waals surface area (Å²) in [5, 5.41) is 1.38. The smallest absolute Gasteiger partial charge is 0.264 e. The van der Waals surface area contributed by atoms with Gasteiger partial charge in [-0.05, 0) is 31.5 Å². The van der Waals surface area contributed by atoms with Gasteiger partial charge >= 0.3 is 0 Å². The zero-order valence-electron chi connectivity index (χ0n) is 14.0. The van der Waals surface area contributed by atoms with Gasteiger partial charge in [0.1, 0.15) is 16.8 Å². The van der Waals surface area contributed by atoms with Gasteiger partial charge in [-0.1, -0.05) is 34.8 Å². The van der Waals surface area contributed by atoms with Gasteiger partial charge in [-0.25, -0.2) is 9.97 Å². The second kappa shape index (κ2) is 7.48. The summed E-state index contributed by atoms with van der Waals surface area (Å²) in [7, 11) is -3.50. The summed E-state index contributed by atoms with van der Waals surface area (Å²) in [6, 6.07) is 5.22. The second-order valence-corrected chi connectivity index (χ2v) is 8.86. The summed E-state index contributed by atoms with van der Waals surface area (Å²) in [6.45, 7) is 2.34. The predicted octanol–water partition coefficient (Wildman–Crippen LogP) is 4.35. The van der Waals surface area contributed by atoms with Gasteiger partial charge < -0.3 is 4.90 Å². The molecule has 0 amide bonds. The third-order valence-corrected chi connectivity index (χ3v) is 5.44. The van der Waals surface area contributed by atoms with Crippen molar-refractivity contribution in [3.8, 4) is 0 Å². The normalized spacial score (nSPS) is 16.8. The number of hydrogen-bond acceptors (Lipinski definition) is 6. The molecule has 26 heavy (non-hydrogen) atoms. The molecular weight excluding hydrogens is 421 g/mol. The van der Waals surface area contributed by atoms with Crippen LogP contribution < -0.4 is 4.90 Å². The van der Waals surface area contributed by atoms with Crippen molar-refractivity contribution in [2.75, 3.05) is 24.3 Å². The lowest BCUT2D eigenvalue weighted by atomic mass is 10.0. The fourth-order valence-electron chi connectivity index (χ4n) is 2.98. The number of hydrogen-bond donors (Lipinski definition) is 0. The molecule has 3 rings (SSSR count). The van der Waals surface area contributed by atoms with Crippen LogP contribution >= 0.6 is 34.8 Å². The van der Waals surface area contributed by atoms with Crippen LogP contribution in [-0.2, 0) is 14.3 Å². The highest BCUT2D eigenvalue weighted by atomic mass is 35.5. The molecule has 2 aromatic rings. The number of benzene rings is 1. The van der Waals surface area contributed by atoms with Crippen molar-refractivity contribution in [2.45, 2.75) is 19.3 Å². The average molecular weight is 437 g/mol. The Morgan fingerprint density at radius 2 is 2.00 bits per heavy atom. The van der Waals surface area contributed by atoms with Crippen molar-refractivity contribution in [2.24, 2.45) is 0 Å². The van der Waals surface area contributed by atoms with Crippen molar-refractivity contribution in [1.29, 1.82) is 0 Å². The van der Waals surface area contributed by atoms with Crippen LogP contribution in [0.5, 0.6) is 0 Å². The van der Waals surface area contributed by atoms with Gasteiger partial charge in [0.2, 0.25) is 0 Å². The molecule has 6 nitrogen and oxygen atoms in total. The summed E-state index contributed by atoms with van der Waals surface area (Å²) >= 11 is 18.7. The molecule has 10 heteroatoms. The maximum atomic E-state index is 11.2. The Hall–Kier alpha value is -1.12. The number of rotatable bonds is 5. The first-order chi connectivity index (χ1) is 12.2. The molecule has 1 aromatic carbocycles. The minimum Gasteiger partial charge on any atom is -0.324 e. The Labute approximate surface area is 167 Å². The number of nitrogens with zero attached hydrogens (tertiary/aromatic N) is 3. The zero-order chi connectivity index (χ0) is 19.1. The Kier molecular flexibility index (Phi) is 5.65. The molecule has 1 aliphatic heterocycles. The quantitative estimate of drug-likeness (QED) is 0.512. The van der Waals surface area contributed by atoms with Gasteiger partial charge in [-0.3, -0.25) is 4.18 Å². The Balaban J connectivity index is 1.97. The van der Waals surface area contributed by atoms with E-state index in [2.05, 4.69) is 9.97 Å². The van der Waals surface area contributed by atoms with Crippen LogP contribution in [0.1, 0.15) is 23.7 Å². The standard InChI is InChI=1S/C16H16Cl3N3O3S/c1-9-20-15(19)14-10(5-6-25-26(2,23)24)8-22(16(14)21-9)13-4-3-11(17)7-12(13)18/h3-4,7,10H,5-6,8H2,1-2H3. The van der Waals surface area contributed by atoms with Gasteiger partial charge in [0.15, 0.2) is 0 Å². The van der Waals surface area contributed by atoms with E-state index in [1.54, 1.807) is 19.1 Å². The Morgan fingerprint density at radius 1 is 1.27 bits per heavy atom. The lowest BCUT2D eigenvalue weighted by Crippen LogP contribution is -2.18. The van der Waals surface area contributed by atoms with E-state index < -0.39 is 10.1 Å². The molecule has 1 atom stereocenters. The fourth-order valence-corrected chi connectivity index (χ4v) is 4.25. The first kappa shape index (κ1) is 19.6. The van der Waals surface area contributed by atoms with Gasteiger partial charge in [0.25, 0.3) is 10.1 Å². The molecule has 0 fully saturated rings. The van der Waals surface area contributed by atoms with Crippen LogP contribution in [0.3, 0.4) is 0 Å². The van der Waals surface area contributed by atoms with Crippen molar-refractivity contribution in [1.82, 2.24) is 9.97 Å². The highest BCUT2D eigenvalue weighted by Gasteiger charge is 2.35. The molecule has 0 N–H and O–H groups in total. The highest BCUT2D eigenvalue weighted by Crippen LogP contribution is 2.46. The summed E-state index contributed by atoms with van der Waals surface area (Å²) < 4.78 is 27.3. The number of halogens is 3. The van der Waals surface area contributed by atoms with E-state index in [1.165, 1.54) is 0 Å². The van der Waals surface area contributed by atoms with Crippen molar-refractivity contribution in [3.63, 3.8) is 0 Å². The number of aryl methyl sites for hydroxylation is 1. The maximum Gasteiger partial charge on any atom is 0.264 e. The summed E-state index contributed by atoms with van der Waals surface area (Å²) in [6.07, 6.45) is 1.47. The van der Waals surface area contributed by atoms with E-state index in [-0.39, 0.29) is 12.5 Å². The van der Waals surface area contributed by atoms with Crippen molar-refractivity contribution >= 4 is 56.4 Å². The fraction of sp³-hybridized carbons (Fsp3) is 0.375. The lowest BCUT2D eigenvalue weighted by Gasteiger charge is -2.20. The average Bonchev–Trinajstić information content (AvgIpc) is 2.84. The lowest BCUT2D eigenvalue weighted by molar-refractivity contribution is 0.305. The third kappa shape index (κ3) is 4.23. The van der Waals surface area contributed by atoms with Gasteiger partial charge in [-0.15, -0.1) is 0 Å². The molecule has 1 aromatic heterocycles. The molecule has 0 saturated heterocycles. The molecule has 0 radical (unpaired) electrons. The van der Waals surface area contributed by atoms with E-state index in [1.807, 2.05) is 11.0 Å². The zero-order valence-corrected chi connectivity index (χ0v) is 17.1. The first-order valence-electron chi connectivity index (χ1n) is 7.76. The van der Waals surface area contributed by atoms with Crippen LogP contribution in [0, 0.1) is 6.92 Å². The van der Waals surface area contributed by atoms with Gasteiger partial charge in [0, 0.05) is 23.0 Å². The SMILES string of the molecule is Cc1nc(Cl)c2c(n1)N(c1ccc(Cl)cc1Cl)CC2CCOS(C)(=O)=O. The minimum atomic E-state index is -3.50. The topological polar surface area (TPSA) is 72.4 Å². The maximum absolute atomic E-state index is 11.2. The van der Waals surface area contributed by atoms with E-state index in [9.17, 15) is 8.42 Å². The van der Waals surface area contributed by atoms with Crippen molar-refractivity contribution in [3.05, 3.63) is 44.8 Å². The Bertz CT molecular complexity index is 953. The van der Waals surface area contributed by atoms with Crippen LogP contribution in [0.25, 0.3) is 0 Å². The van der Waals surface area contributed by atoms with E-state index in [0.29, 0.717) is 39.8 Å². The van der Waals surface area contributed by atoms with Crippen LogP contribution in [0.4, 0.5) is 11.5 Å². The van der Waals surface area contributed by atoms with Gasteiger partial charge in [-0.2, -0.15) is 8.42 Å². The molecule has 1 unspecified atom stereocenters. The van der Waals surface area contributed by atoms with Gasteiger partial charge in [0.05, 0.1) is 23.6 Å². The van der Waals surface area contributed by atoms with E-state index in [4.69, 9.17) is 39.0 Å². The number of aromatic nitrogens is 2. The summed E-state index contributed by atoms with van der Waals surface area (Å²) in [4.78, 5) is 10.7. The summed E-state index contributed by atoms with van der Waals surface area (Å²) in [5.74, 6) is 1.11. The van der Waals surface area contributed by atoms with Crippen molar-refractivity contribution < 1.29 is 12.6 Å². The number of anilines is 2. The highest BCUT2D eigenvalue weighted by molar-refractivity contribution is 7.85. The minimum absolute atomic E-state index is 0.0509. The largest absolute Gasteiger partial charge is 0.324 e. The third-order valence-electron chi connectivity index (χ3n) is 4.02. The van der Waals surface area contributed by atoms with Crippen LogP contribution in [0.2, 0.25) is 15.2 Å². The van der Waals surface area contributed by atoms with Crippen LogP contribution in [-0.4, -0.2) is 37.8 Å². The first-order valence-corrected chi connectivity index (χ1v) is 10.7. The van der Waals surface area contributed by atoms with E-state index in [0.717, 1.165) is 17.5 Å². The monoisotopic (exact) mass is 435 g/mol. The van der Waals surface area contributed by atoms with E-state index >= 15 is 0 Å². The summed E-state index contributed by atoms with van der Waals surface area (Å²) in [5.41, 5.74) is 1.51. The molecule has 140 valence electrons. The molecule has 0 spiro atoms. The Morgan fingerprint density at radius 3 is 2.65 bits per heavy atom. The second-order valence-electron chi connectivity index (χ2n) is 6.02. The predicted molar refractivity (Wildman–Crippen MR) is 103 cm³/mol. The number of fused-ring (bicyclic) bond motifs is 1. The molecule has 0 bridgehead atoms. The molecule has 2 heterocycles. The molecule has 1 aliphatic rings. The molecular formula is C16H16Cl3N3O3S. The molecule has 0 aliphatic carbocycles. The molecule has 0 saturated carbocycles.